The number of carbonyl (C=O) groups is 2. The van der Waals surface area contributed by atoms with Crippen LogP contribution in [-0.4, -0.2) is 23.0 Å². The summed E-state index contributed by atoms with van der Waals surface area (Å²) in [5.74, 6) is 1.18. The van der Waals surface area contributed by atoms with Gasteiger partial charge < -0.3 is 15.2 Å². The summed E-state index contributed by atoms with van der Waals surface area (Å²) in [6.45, 7) is 5.69. The summed E-state index contributed by atoms with van der Waals surface area (Å²) < 4.78 is 4.92. The zero-order chi connectivity index (χ0) is 15.4. The Morgan fingerprint density at radius 1 is 1.19 bits per heavy atom. The van der Waals surface area contributed by atoms with Crippen molar-refractivity contribution in [1.82, 2.24) is 10.5 Å². The van der Waals surface area contributed by atoms with E-state index in [2.05, 4.69) is 15.8 Å². The lowest BCUT2D eigenvalue weighted by Crippen LogP contribution is -2.38. The average molecular weight is 293 g/mol. The predicted molar refractivity (Wildman–Crippen MR) is 78.6 cm³/mol. The standard InChI is InChI=1S/C15H23N3O3/c1-9(2)16-14(19)11-4-6-12(7-5-11)15(20)17-13-8-10(3)21-18-13/h8-9,11-12H,4-7H2,1-3H3,(H,16,19)(H,17,18,20). The molecule has 1 aliphatic rings. The molecule has 2 N–H and O–H groups in total. The number of aromatic nitrogens is 1. The lowest BCUT2D eigenvalue weighted by Gasteiger charge is -2.27. The van der Waals surface area contributed by atoms with Crippen molar-refractivity contribution in [2.45, 2.75) is 52.5 Å². The van der Waals surface area contributed by atoms with Crippen molar-refractivity contribution in [1.29, 1.82) is 0 Å². The Morgan fingerprint density at radius 2 is 1.76 bits per heavy atom. The number of rotatable bonds is 4. The number of carbonyl (C=O) groups excluding carboxylic acids is 2. The maximum Gasteiger partial charge on any atom is 0.228 e. The van der Waals surface area contributed by atoms with Crippen LogP contribution in [0.1, 0.15) is 45.3 Å². The predicted octanol–water partition coefficient (Wildman–Crippen LogP) is 2.25. The summed E-state index contributed by atoms with van der Waals surface area (Å²) in [5, 5.41) is 9.46. The zero-order valence-electron chi connectivity index (χ0n) is 12.8. The number of nitrogens with one attached hydrogen (secondary N) is 2. The van der Waals surface area contributed by atoms with Crippen LogP contribution in [0.2, 0.25) is 0 Å². The van der Waals surface area contributed by atoms with Gasteiger partial charge >= 0.3 is 0 Å². The fourth-order valence-electron chi connectivity index (χ4n) is 2.67. The normalized spacial score (nSPS) is 22.1. The first-order valence-corrected chi connectivity index (χ1v) is 7.50. The van der Waals surface area contributed by atoms with Gasteiger partial charge in [-0.15, -0.1) is 0 Å². The minimum absolute atomic E-state index is 0.0331. The van der Waals surface area contributed by atoms with E-state index in [0.29, 0.717) is 11.6 Å². The minimum atomic E-state index is -0.0508. The quantitative estimate of drug-likeness (QED) is 0.891. The molecule has 0 spiro atoms. The van der Waals surface area contributed by atoms with Crippen molar-refractivity contribution < 1.29 is 14.1 Å². The van der Waals surface area contributed by atoms with Crippen molar-refractivity contribution in [3.05, 3.63) is 11.8 Å². The second-order valence-corrected chi connectivity index (χ2v) is 6.02. The van der Waals surface area contributed by atoms with Gasteiger partial charge in [0.05, 0.1) is 0 Å². The van der Waals surface area contributed by atoms with E-state index < -0.39 is 0 Å². The highest BCUT2D eigenvalue weighted by molar-refractivity contribution is 5.91. The molecule has 0 unspecified atom stereocenters. The van der Waals surface area contributed by atoms with Crippen molar-refractivity contribution >= 4 is 17.6 Å². The van der Waals surface area contributed by atoms with Gasteiger partial charge in [-0.3, -0.25) is 9.59 Å². The monoisotopic (exact) mass is 293 g/mol. The van der Waals surface area contributed by atoms with Gasteiger partial charge in [-0.2, -0.15) is 0 Å². The van der Waals surface area contributed by atoms with E-state index in [9.17, 15) is 9.59 Å². The van der Waals surface area contributed by atoms with Crippen LogP contribution in [0.3, 0.4) is 0 Å². The molecule has 0 atom stereocenters. The van der Waals surface area contributed by atoms with Crippen molar-refractivity contribution in [2.75, 3.05) is 5.32 Å². The molecule has 116 valence electrons. The smallest absolute Gasteiger partial charge is 0.228 e. The Kier molecular flexibility index (Phi) is 4.98. The fraction of sp³-hybridized carbons (Fsp3) is 0.667. The molecule has 2 rings (SSSR count). The molecule has 2 amide bonds. The number of hydrogen-bond acceptors (Lipinski definition) is 4. The molecule has 0 aromatic carbocycles. The molecular formula is C15H23N3O3. The second kappa shape index (κ2) is 6.74. The third-order valence-corrected chi connectivity index (χ3v) is 3.78. The second-order valence-electron chi connectivity index (χ2n) is 6.02. The maximum atomic E-state index is 12.1. The van der Waals surface area contributed by atoms with Gasteiger partial charge in [-0.25, -0.2) is 0 Å². The number of anilines is 1. The minimum Gasteiger partial charge on any atom is -0.360 e. The van der Waals surface area contributed by atoms with Crippen LogP contribution >= 0.6 is 0 Å². The summed E-state index contributed by atoms with van der Waals surface area (Å²) in [7, 11) is 0. The molecule has 1 aliphatic carbocycles. The van der Waals surface area contributed by atoms with Crippen LogP contribution in [0.25, 0.3) is 0 Å². The molecule has 0 aliphatic heterocycles. The molecule has 1 fully saturated rings. The van der Waals surface area contributed by atoms with E-state index in [1.807, 2.05) is 13.8 Å². The summed E-state index contributed by atoms with van der Waals surface area (Å²) in [6.07, 6.45) is 2.99. The lowest BCUT2D eigenvalue weighted by atomic mass is 9.81. The van der Waals surface area contributed by atoms with Crippen LogP contribution in [0.15, 0.2) is 10.6 Å². The molecule has 21 heavy (non-hydrogen) atoms. The first-order valence-electron chi connectivity index (χ1n) is 7.50. The van der Waals surface area contributed by atoms with E-state index in [1.54, 1.807) is 13.0 Å². The van der Waals surface area contributed by atoms with Gasteiger partial charge in [0, 0.05) is 23.9 Å². The van der Waals surface area contributed by atoms with E-state index in [1.165, 1.54) is 0 Å². The zero-order valence-corrected chi connectivity index (χ0v) is 12.8. The van der Waals surface area contributed by atoms with E-state index in [0.717, 1.165) is 25.7 Å². The molecule has 6 heteroatoms. The van der Waals surface area contributed by atoms with E-state index in [-0.39, 0.29) is 29.7 Å². The Labute approximate surface area is 124 Å². The average Bonchev–Trinajstić information content (AvgIpc) is 2.83. The maximum absolute atomic E-state index is 12.1. The van der Waals surface area contributed by atoms with Crippen molar-refractivity contribution in [3.63, 3.8) is 0 Å². The summed E-state index contributed by atoms with van der Waals surface area (Å²) in [4.78, 5) is 24.1. The topological polar surface area (TPSA) is 84.2 Å². The Hall–Kier alpha value is -1.85. The molecule has 1 saturated carbocycles. The summed E-state index contributed by atoms with van der Waals surface area (Å²) in [5.41, 5.74) is 0. The number of nitrogens with zero attached hydrogens (tertiary/aromatic N) is 1. The van der Waals surface area contributed by atoms with E-state index in [4.69, 9.17) is 4.52 Å². The highest BCUT2D eigenvalue weighted by Crippen LogP contribution is 2.29. The van der Waals surface area contributed by atoms with Gasteiger partial charge in [0.2, 0.25) is 11.8 Å². The van der Waals surface area contributed by atoms with Crippen molar-refractivity contribution in [3.8, 4) is 0 Å². The molecule has 6 nitrogen and oxygen atoms in total. The summed E-state index contributed by atoms with van der Waals surface area (Å²) in [6, 6.07) is 1.86. The number of amides is 2. The Morgan fingerprint density at radius 3 is 2.24 bits per heavy atom. The molecule has 0 saturated heterocycles. The third kappa shape index (κ3) is 4.31. The van der Waals surface area contributed by atoms with Gasteiger partial charge in [-0.05, 0) is 46.5 Å². The van der Waals surface area contributed by atoms with Crippen LogP contribution in [0, 0.1) is 18.8 Å². The third-order valence-electron chi connectivity index (χ3n) is 3.78. The first-order chi connectivity index (χ1) is 9.95. The van der Waals surface area contributed by atoms with Crippen LogP contribution in [0.4, 0.5) is 5.82 Å². The van der Waals surface area contributed by atoms with Gasteiger partial charge in [-0.1, -0.05) is 5.16 Å². The molecule has 1 heterocycles. The molecule has 1 aromatic rings. The van der Waals surface area contributed by atoms with Gasteiger partial charge in [0.15, 0.2) is 5.82 Å². The fourth-order valence-corrected chi connectivity index (χ4v) is 2.67. The number of hydrogen-bond donors (Lipinski definition) is 2. The van der Waals surface area contributed by atoms with Crippen LogP contribution < -0.4 is 10.6 Å². The van der Waals surface area contributed by atoms with Crippen LogP contribution in [-0.2, 0) is 9.59 Å². The Balaban J connectivity index is 1.80. The number of aryl methyl sites for hydroxylation is 1. The SMILES string of the molecule is Cc1cc(NC(=O)C2CCC(C(=O)NC(C)C)CC2)no1. The highest BCUT2D eigenvalue weighted by Gasteiger charge is 2.30. The van der Waals surface area contributed by atoms with Crippen molar-refractivity contribution in [2.24, 2.45) is 11.8 Å². The Bertz CT molecular complexity index is 502. The highest BCUT2D eigenvalue weighted by atomic mass is 16.5. The summed E-state index contributed by atoms with van der Waals surface area (Å²) >= 11 is 0. The first kappa shape index (κ1) is 15.5. The molecule has 1 aromatic heterocycles. The molecule has 0 radical (unpaired) electrons. The molecule has 0 bridgehead atoms. The lowest BCUT2D eigenvalue weighted by molar-refractivity contribution is -0.128. The van der Waals surface area contributed by atoms with E-state index >= 15 is 0 Å². The largest absolute Gasteiger partial charge is 0.360 e. The van der Waals surface area contributed by atoms with Gasteiger partial charge in [0.25, 0.3) is 0 Å². The van der Waals surface area contributed by atoms with Gasteiger partial charge in [0.1, 0.15) is 5.76 Å². The van der Waals surface area contributed by atoms with Crippen LogP contribution in [0.5, 0.6) is 0 Å². The molecular weight excluding hydrogens is 270 g/mol.